The van der Waals surface area contributed by atoms with Crippen molar-refractivity contribution in [1.82, 2.24) is 4.98 Å². The molecule has 0 spiro atoms. The highest BCUT2D eigenvalue weighted by Gasteiger charge is 2.52. The Morgan fingerprint density at radius 1 is 1.33 bits per heavy atom. The topological polar surface area (TPSA) is 91.8 Å². The maximum Gasteiger partial charge on any atom is 0.492 e. The van der Waals surface area contributed by atoms with Crippen molar-refractivity contribution in [1.29, 1.82) is 0 Å². The zero-order valence-electron chi connectivity index (χ0n) is 12.6. The molecule has 114 valence electrons. The van der Waals surface area contributed by atoms with Crippen LogP contribution in [0.5, 0.6) is 0 Å². The minimum atomic E-state index is -1.03. The lowest BCUT2D eigenvalue weighted by atomic mass is 9.78. The highest BCUT2D eigenvalue weighted by Crippen LogP contribution is 2.38. The third-order valence-electron chi connectivity index (χ3n) is 4.03. The molecular formula is C14H20BNO5. The molecule has 0 aliphatic carbocycles. The summed E-state index contributed by atoms with van der Waals surface area (Å²) in [6, 6.07) is 1.49. The maximum absolute atomic E-state index is 10.8. The van der Waals surface area contributed by atoms with E-state index in [0.29, 0.717) is 11.0 Å². The smallest absolute Gasteiger partial charge is 0.477 e. The monoisotopic (exact) mass is 293 g/mol. The second-order valence-corrected chi connectivity index (χ2v) is 6.12. The Kier molecular flexibility index (Phi) is 4.01. The number of nitrogens with one attached hydrogen (secondary N) is 1. The van der Waals surface area contributed by atoms with Crippen molar-refractivity contribution < 1.29 is 24.3 Å². The second kappa shape index (κ2) is 5.33. The Morgan fingerprint density at radius 3 is 2.33 bits per heavy atom. The number of aliphatic hydroxyl groups excluding tert-OH is 1. The van der Waals surface area contributed by atoms with Crippen LogP contribution in [0.4, 0.5) is 0 Å². The maximum atomic E-state index is 10.8. The van der Waals surface area contributed by atoms with Crippen LogP contribution in [0.15, 0.2) is 17.7 Å². The van der Waals surface area contributed by atoms with E-state index in [1.165, 1.54) is 6.07 Å². The SMILES string of the molecule is CC1(C)OB(C(=Cc2c[nH]c(C(=O)O)c2)CO)OC1(C)C. The predicted octanol–water partition coefficient (Wildman–Crippen LogP) is 1.72. The number of aromatic carboxylic acids is 1. The van der Waals surface area contributed by atoms with Gasteiger partial charge in [-0.1, -0.05) is 6.08 Å². The Bertz CT molecular complexity index is 560. The van der Waals surface area contributed by atoms with E-state index in [1.807, 2.05) is 27.7 Å². The lowest BCUT2D eigenvalue weighted by Crippen LogP contribution is -2.41. The van der Waals surface area contributed by atoms with Crippen LogP contribution in [0.2, 0.25) is 0 Å². The van der Waals surface area contributed by atoms with Crippen LogP contribution in [-0.4, -0.2) is 46.1 Å². The number of aromatic nitrogens is 1. The van der Waals surface area contributed by atoms with Crippen LogP contribution in [-0.2, 0) is 9.31 Å². The van der Waals surface area contributed by atoms with Gasteiger partial charge in [0.05, 0.1) is 17.8 Å². The zero-order chi connectivity index (χ0) is 15.8. The largest absolute Gasteiger partial charge is 0.492 e. The number of hydrogen-bond acceptors (Lipinski definition) is 4. The summed E-state index contributed by atoms with van der Waals surface area (Å²) in [5.74, 6) is -1.03. The molecule has 2 heterocycles. The van der Waals surface area contributed by atoms with Gasteiger partial charge in [0.2, 0.25) is 0 Å². The number of H-pyrrole nitrogens is 1. The first-order valence-electron chi connectivity index (χ1n) is 6.75. The van der Waals surface area contributed by atoms with E-state index in [-0.39, 0.29) is 12.3 Å². The zero-order valence-corrected chi connectivity index (χ0v) is 12.6. The first-order valence-corrected chi connectivity index (χ1v) is 6.75. The third-order valence-corrected chi connectivity index (χ3v) is 4.03. The fraction of sp³-hybridized carbons (Fsp3) is 0.500. The highest BCUT2D eigenvalue weighted by molar-refractivity contribution is 6.55. The number of hydrogen-bond donors (Lipinski definition) is 3. The van der Waals surface area contributed by atoms with E-state index in [2.05, 4.69) is 4.98 Å². The highest BCUT2D eigenvalue weighted by atomic mass is 16.7. The van der Waals surface area contributed by atoms with Gasteiger partial charge in [-0.25, -0.2) is 4.79 Å². The van der Waals surface area contributed by atoms with E-state index in [1.54, 1.807) is 12.3 Å². The number of carbonyl (C=O) groups is 1. The van der Waals surface area contributed by atoms with Gasteiger partial charge in [0.1, 0.15) is 5.69 Å². The van der Waals surface area contributed by atoms with Crippen LogP contribution in [0.3, 0.4) is 0 Å². The van der Waals surface area contributed by atoms with Crippen molar-refractivity contribution in [3.05, 3.63) is 29.0 Å². The van der Waals surface area contributed by atoms with Crippen LogP contribution in [0.25, 0.3) is 6.08 Å². The summed E-state index contributed by atoms with van der Waals surface area (Å²) < 4.78 is 11.7. The average molecular weight is 293 g/mol. The van der Waals surface area contributed by atoms with Crippen molar-refractivity contribution in [3.8, 4) is 0 Å². The molecule has 1 saturated heterocycles. The summed E-state index contributed by atoms with van der Waals surface area (Å²) in [6.45, 7) is 7.49. The van der Waals surface area contributed by atoms with Crippen LogP contribution in [0, 0.1) is 0 Å². The van der Waals surface area contributed by atoms with Gasteiger partial charge in [-0.15, -0.1) is 0 Å². The minimum absolute atomic E-state index is 0.0902. The Labute approximate surface area is 123 Å². The van der Waals surface area contributed by atoms with Crippen molar-refractivity contribution in [2.24, 2.45) is 0 Å². The molecule has 21 heavy (non-hydrogen) atoms. The summed E-state index contributed by atoms with van der Waals surface area (Å²) in [5.41, 5.74) is 0.301. The lowest BCUT2D eigenvalue weighted by Gasteiger charge is -2.32. The summed E-state index contributed by atoms with van der Waals surface area (Å²) >= 11 is 0. The van der Waals surface area contributed by atoms with E-state index in [4.69, 9.17) is 14.4 Å². The van der Waals surface area contributed by atoms with E-state index in [0.717, 1.165) is 0 Å². The van der Waals surface area contributed by atoms with E-state index >= 15 is 0 Å². The summed E-state index contributed by atoms with van der Waals surface area (Å²) in [5, 5.41) is 18.4. The van der Waals surface area contributed by atoms with Crippen molar-refractivity contribution in [3.63, 3.8) is 0 Å². The average Bonchev–Trinajstić information content (AvgIpc) is 2.90. The van der Waals surface area contributed by atoms with Gasteiger partial charge in [0, 0.05) is 6.20 Å². The number of rotatable bonds is 4. The van der Waals surface area contributed by atoms with E-state index < -0.39 is 24.3 Å². The molecule has 0 unspecified atom stereocenters. The van der Waals surface area contributed by atoms with Gasteiger partial charge in [-0.3, -0.25) is 0 Å². The van der Waals surface area contributed by atoms with Crippen LogP contribution >= 0.6 is 0 Å². The van der Waals surface area contributed by atoms with Crippen LogP contribution < -0.4 is 0 Å². The summed E-state index contributed by atoms with van der Waals surface area (Å²) in [4.78, 5) is 13.5. The van der Waals surface area contributed by atoms with Gasteiger partial charge in [0.25, 0.3) is 0 Å². The van der Waals surface area contributed by atoms with Gasteiger partial charge < -0.3 is 24.5 Å². The minimum Gasteiger partial charge on any atom is -0.477 e. The molecule has 0 atom stereocenters. The fourth-order valence-electron chi connectivity index (χ4n) is 2.01. The molecule has 2 rings (SSSR count). The summed E-state index contributed by atoms with van der Waals surface area (Å²) in [7, 11) is -0.650. The molecular weight excluding hydrogens is 273 g/mol. The number of carboxylic acid groups (broad SMARTS) is 1. The van der Waals surface area contributed by atoms with Crippen LogP contribution in [0.1, 0.15) is 43.7 Å². The van der Waals surface area contributed by atoms with Gasteiger partial charge in [-0.2, -0.15) is 0 Å². The first kappa shape index (κ1) is 15.8. The molecule has 1 aliphatic rings. The van der Waals surface area contributed by atoms with Gasteiger partial charge >= 0.3 is 13.1 Å². The van der Waals surface area contributed by atoms with Crippen molar-refractivity contribution in [2.75, 3.05) is 6.61 Å². The van der Waals surface area contributed by atoms with Gasteiger partial charge in [-0.05, 0) is 44.8 Å². The Morgan fingerprint density at radius 2 is 1.90 bits per heavy atom. The van der Waals surface area contributed by atoms with Gasteiger partial charge in [0.15, 0.2) is 0 Å². The molecule has 0 bridgehead atoms. The standard InChI is InChI=1S/C14H20BNO5/c1-13(2)14(3,4)21-15(20-13)10(8-17)5-9-6-11(12(18)19)16-7-9/h5-7,16-17H,8H2,1-4H3,(H,18,19). The molecule has 1 fully saturated rings. The molecule has 0 aromatic carbocycles. The molecule has 7 heteroatoms. The normalized spacial score (nSPS) is 20.8. The lowest BCUT2D eigenvalue weighted by molar-refractivity contribution is 0.00578. The molecule has 0 amide bonds. The molecule has 6 nitrogen and oxygen atoms in total. The number of carboxylic acids is 1. The number of aliphatic hydroxyl groups is 1. The third kappa shape index (κ3) is 3.05. The van der Waals surface area contributed by atoms with Crippen molar-refractivity contribution in [2.45, 2.75) is 38.9 Å². The predicted molar refractivity (Wildman–Crippen MR) is 78.9 cm³/mol. The summed E-state index contributed by atoms with van der Waals surface area (Å²) in [6.07, 6.45) is 3.23. The second-order valence-electron chi connectivity index (χ2n) is 6.12. The Hall–Kier alpha value is -1.57. The van der Waals surface area contributed by atoms with Crippen molar-refractivity contribution >= 4 is 19.2 Å². The number of aromatic amines is 1. The van der Waals surface area contributed by atoms with E-state index in [9.17, 15) is 9.90 Å². The molecule has 1 aliphatic heterocycles. The quantitative estimate of drug-likeness (QED) is 0.735. The fourth-order valence-corrected chi connectivity index (χ4v) is 2.01. The molecule has 3 N–H and O–H groups in total. The first-order chi connectivity index (χ1) is 9.66. The molecule has 0 radical (unpaired) electrons. The Balaban J connectivity index is 2.24. The molecule has 1 aromatic heterocycles. The molecule has 1 aromatic rings. The molecule has 0 saturated carbocycles.